The van der Waals surface area contributed by atoms with Gasteiger partial charge in [-0.15, -0.1) is 0 Å². The molecule has 2 aromatic rings. The lowest BCUT2D eigenvalue weighted by atomic mass is 9.78. The lowest BCUT2D eigenvalue weighted by molar-refractivity contribution is -0.126. The molecular weight excluding hydrogens is 350 g/mol. The minimum Gasteiger partial charge on any atom is -0.486 e. The van der Waals surface area contributed by atoms with Crippen LogP contribution in [0.3, 0.4) is 0 Å². The van der Waals surface area contributed by atoms with Crippen LogP contribution in [-0.2, 0) is 16.8 Å². The highest BCUT2D eigenvalue weighted by Crippen LogP contribution is 2.42. The Labute approximate surface area is 158 Å². The van der Waals surface area contributed by atoms with Crippen LogP contribution >= 0.6 is 11.6 Å². The molecule has 0 saturated heterocycles. The van der Waals surface area contributed by atoms with Crippen LogP contribution in [0.1, 0.15) is 36.8 Å². The van der Waals surface area contributed by atoms with Crippen molar-refractivity contribution in [1.29, 1.82) is 0 Å². The van der Waals surface area contributed by atoms with Crippen molar-refractivity contribution in [3.8, 4) is 11.5 Å². The van der Waals surface area contributed by atoms with Gasteiger partial charge in [0.25, 0.3) is 0 Å². The number of nitrogens with one attached hydrogen (secondary N) is 1. The van der Waals surface area contributed by atoms with E-state index in [1.165, 1.54) is 0 Å². The van der Waals surface area contributed by atoms with Crippen LogP contribution in [0.15, 0.2) is 42.5 Å². The fourth-order valence-corrected chi connectivity index (χ4v) is 4.22. The number of carbonyl (C=O) groups excluding carboxylic acids is 1. The molecule has 1 fully saturated rings. The van der Waals surface area contributed by atoms with Crippen LogP contribution in [0, 0.1) is 0 Å². The molecule has 1 N–H and O–H groups in total. The van der Waals surface area contributed by atoms with Crippen molar-refractivity contribution in [2.45, 2.75) is 37.6 Å². The molecule has 1 heterocycles. The van der Waals surface area contributed by atoms with Gasteiger partial charge in [-0.05, 0) is 36.6 Å². The van der Waals surface area contributed by atoms with Crippen LogP contribution in [-0.4, -0.2) is 19.1 Å². The second kappa shape index (κ2) is 7.20. The van der Waals surface area contributed by atoms with E-state index >= 15 is 0 Å². The first-order valence-corrected chi connectivity index (χ1v) is 9.49. The van der Waals surface area contributed by atoms with Crippen LogP contribution in [0.4, 0.5) is 0 Å². The number of carbonyl (C=O) groups is 1. The summed E-state index contributed by atoms with van der Waals surface area (Å²) in [6, 6.07) is 13.5. The van der Waals surface area contributed by atoms with Crippen molar-refractivity contribution >= 4 is 17.5 Å². The summed E-state index contributed by atoms with van der Waals surface area (Å²) in [6.45, 7) is 1.51. The highest BCUT2D eigenvalue weighted by Gasteiger charge is 2.42. The molecule has 0 unspecified atom stereocenters. The number of halogens is 1. The highest BCUT2D eigenvalue weighted by atomic mass is 35.5. The first-order valence-electron chi connectivity index (χ1n) is 9.11. The molecule has 1 saturated carbocycles. The predicted octanol–water partition coefficient (Wildman–Crippen LogP) is 4.24. The van der Waals surface area contributed by atoms with Crippen molar-refractivity contribution < 1.29 is 14.3 Å². The first-order chi connectivity index (χ1) is 12.7. The largest absolute Gasteiger partial charge is 0.486 e. The van der Waals surface area contributed by atoms with Crippen LogP contribution in [0.5, 0.6) is 11.5 Å². The van der Waals surface area contributed by atoms with E-state index in [0.717, 1.165) is 48.3 Å². The number of ether oxygens (including phenoxy) is 2. The molecule has 0 radical (unpaired) electrons. The van der Waals surface area contributed by atoms with Gasteiger partial charge in [0.15, 0.2) is 11.5 Å². The molecule has 1 aliphatic carbocycles. The Hall–Kier alpha value is -2.20. The standard InChI is InChI=1S/C21H22ClNO3/c22-17-7-4-6-16(13-17)21(9-1-2-10-21)20(24)23-14-15-5-3-8-18-19(15)26-12-11-25-18/h3-8,13H,1-2,9-12,14H2,(H,23,24). The normalized spacial score (nSPS) is 17.7. The molecule has 2 aliphatic rings. The molecule has 2 aromatic carbocycles. The second-order valence-electron chi connectivity index (χ2n) is 6.92. The van der Waals surface area contributed by atoms with Crippen LogP contribution < -0.4 is 14.8 Å². The summed E-state index contributed by atoms with van der Waals surface area (Å²) < 4.78 is 11.4. The molecule has 0 atom stereocenters. The number of rotatable bonds is 4. The van der Waals surface area contributed by atoms with E-state index in [9.17, 15) is 4.79 Å². The first kappa shape index (κ1) is 17.2. The molecule has 1 aliphatic heterocycles. The summed E-state index contributed by atoms with van der Waals surface area (Å²) in [6.07, 6.45) is 3.81. The number of benzene rings is 2. The number of fused-ring (bicyclic) bond motifs is 1. The Kier molecular flexibility index (Phi) is 4.77. The van der Waals surface area contributed by atoms with Gasteiger partial charge in [0.2, 0.25) is 5.91 Å². The summed E-state index contributed by atoms with van der Waals surface area (Å²) in [4.78, 5) is 13.2. The SMILES string of the molecule is O=C(NCc1cccc2c1OCCO2)C1(c2cccc(Cl)c2)CCCC1. The Morgan fingerprint density at radius 3 is 2.65 bits per heavy atom. The summed E-state index contributed by atoms with van der Waals surface area (Å²) in [5.74, 6) is 1.54. The fourth-order valence-electron chi connectivity index (χ4n) is 4.03. The number of para-hydroxylation sites is 1. The van der Waals surface area contributed by atoms with Gasteiger partial charge in [-0.1, -0.05) is 48.7 Å². The van der Waals surface area contributed by atoms with E-state index in [2.05, 4.69) is 5.32 Å². The van der Waals surface area contributed by atoms with Crippen LogP contribution in [0.25, 0.3) is 0 Å². The number of hydrogen-bond donors (Lipinski definition) is 1. The quantitative estimate of drug-likeness (QED) is 0.874. The Morgan fingerprint density at radius 1 is 1.08 bits per heavy atom. The van der Waals surface area contributed by atoms with Gasteiger partial charge in [0.1, 0.15) is 13.2 Å². The maximum absolute atomic E-state index is 13.2. The Bertz CT molecular complexity index is 815. The maximum atomic E-state index is 13.2. The summed E-state index contributed by atoms with van der Waals surface area (Å²) in [7, 11) is 0. The minimum absolute atomic E-state index is 0.0617. The van der Waals surface area contributed by atoms with Gasteiger partial charge in [-0.2, -0.15) is 0 Å². The number of hydrogen-bond acceptors (Lipinski definition) is 3. The molecule has 0 bridgehead atoms. The van der Waals surface area contributed by atoms with Crippen molar-refractivity contribution in [2.75, 3.05) is 13.2 Å². The molecule has 1 amide bonds. The van der Waals surface area contributed by atoms with E-state index in [0.29, 0.717) is 24.8 Å². The van der Waals surface area contributed by atoms with Crippen molar-refractivity contribution in [2.24, 2.45) is 0 Å². The van der Waals surface area contributed by atoms with E-state index in [4.69, 9.17) is 21.1 Å². The van der Waals surface area contributed by atoms with Gasteiger partial charge < -0.3 is 14.8 Å². The van der Waals surface area contributed by atoms with E-state index in [1.807, 2.05) is 42.5 Å². The monoisotopic (exact) mass is 371 g/mol. The van der Waals surface area contributed by atoms with Gasteiger partial charge in [-0.3, -0.25) is 4.79 Å². The second-order valence-corrected chi connectivity index (χ2v) is 7.36. The zero-order valence-corrected chi connectivity index (χ0v) is 15.3. The van der Waals surface area contributed by atoms with E-state index in [-0.39, 0.29) is 5.91 Å². The van der Waals surface area contributed by atoms with Crippen molar-refractivity contribution in [3.05, 3.63) is 58.6 Å². The minimum atomic E-state index is -0.489. The Balaban J connectivity index is 1.55. The van der Waals surface area contributed by atoms with Crippen LogP contribution in [0.2, 0.25) is 5.02 Å². The number of amides is 1. The summed E-state index contributed by atoms with van der Waals surface area (Å²) in [5, 5.41) is 3.80. The average Bonchev–Trinajstić information content (AvgIpc) is 3.17. The lowest BCUT2D eigenvalue weighted by Crippen LogP contribution is -2.42. The third kappa shape index (κ3) is 3.14. The van der Waals surface area contributed by atoms with Gasteiger partial charge in [-0.25, -0.2) is 0 Å². The molecule has 0 spiro atoms. The van der Waals surface area contributed by atoms with E-state index < -0.39 is 5.41 Å². The molecule has 5 heteroatoms. The topological polar surface area (TPSA) is 47.6 Å². The third-order valence-corrected chi connectivity index (χ3v) is 5.59. The molecule has 26 heavy (non-hydrogen) atoms. The molecule has 0 aromatic heterocycles. The van der Waals surface area contributed by atoms with E-state index in [1.54, 1.807) is 0 Å². The van der Waals surface area contributed by atoms with Gasteiger partial charge in [0.05, 0.1) is 5.41 Å². The fraction of sp³-hybridized carbons (Fsp3) is 0.381. The molecule has 4 rings (SSSR count). The van der Waals surface area contributed by atoms with Gasteiger partial charge >= 0.3 is 0 Å². The zero-order valence-electron chi connectivity index (χ0n) is 14.6. The van der Waals surface area contributed by atoms with Gasteiger partial charge in [0, 0.05) is 17.1 Å². The Morgan fingerprint density at radius 2 is 1.85 bits per heavy atom. The predicted molar refractivity (Wildman–Crippen MR) is 101 cm³/mol. The third-order valence-electron chi connectivity index (χ3n) is 5.36. The van der Waals surface area contributed by atoms with Crippen molar-refractivity contribution in [3.63, 3.8) is 0 Å². The lowest BCUT2D eigenvalue weighted by Gasteiger charge is -2.29. The highest BCUT2D eigenvalue weighted by molar-refractivity contribution is 6.30. The average molecular weight is 372 g/mol. The zero-order chi connectivity index (χ0) is 18.0. The smallest absolute Gasteiger partial charge is 0.230 e. The molecular formula is C21H22ClNO3. The maximum Gasteiger partial charge on any atom is 0.230 e. The molecule has 4 nitrogen and oxygen atoms in total. The summed E-state index contributed by atoms with van der Waals surface area (Å²) >= 11 is 6.18. The summed E-state index contributed by atoms with van der Waals surface area (Å²) in [5.41, 5.74) is 1.46. The van der Waals surface area contributed by atoms with Crippen molar-refractivity contribution in [1.82, 2.24) is 5.32 Å². The molecule has 136 valence electrons.